The van der Waals surface area contributed by atoms with Crippen molar-refractivity contribution in [3.05, 3.63) is 47.9 Å². The van der Waals surface area contributed by atoms with E-state index in [9.17, 15) is 13.6 Å². The first-order valence-electron chi connectivity index (χ1n) is 4.74. The van der Waals surface area contributed by atoms with Crippen LogP contribution in [0.25, 0.3) is 0 Å². The molecule has 0 fully saturated rings. The Balaban J connectivity index is 2.21. The summed E-state index contributed by atoms with van der Waals surface area (Å²) >= 11 is 0. The highest BCUT2D eigenvalue weighted by Gasteiger charge is 2.09. The quantitative estimate of drug-likeness (QED) is 0.906. The van der Waals surface area contributed by atoms with Crippen LogP contribution < -0.4 is 4.74 Å². The van der Waals surface area contributed by atoms with Crippen LogP contribution in [0.5, 0.6) is 11.6 Å². The average molecular weight is 252 g/mol. The fourth-order valence-electron chi connectivity index (χ4n) is 1.15. The van der Waals surface area contributed by atoms with E-state index in [1.165, 1.54) is 0 Å². The van der Waals surface area contributed by atoms with Crippen molar-refractivity contribution in [2.45, 2.75) is 0 Å². The maximum absolute atomic E-state index is 13.2. The Kier molecular flexibility index (Phi) is 3.13. The number of carboxylic acids is 1. The van der Waals surface area contributed by atoms with Gasteiger partial charge in [-0.05, 0) is 12.1 Å². The highest BCUT2D eigenvalue weighted by molar-refractivity contribution is 5.84. The van der Waals surface area contributed by atoms with Crippen molar-refractivity contribution in [2.24, 2.45) is 0 Å². The standard InChI is InChI=1S/C11H6F2N2O3/c12-6-1-2-9(7(13)3-6)18-10-5-14-8(4-15-10)11(16)17/h1-5H,(H,16,17). The van der Waals surface area contributed by atoms with Gasteiger partial charge in [0, 0.05) is 6.07 Å². The molecular formula is C11H6F2N2O3. The molecule has 0 aliphatic carbocycles. The van der Waals surface area contributed by atoms with E-state index >= 15 is 0 Å². The zero-order valence-electron chi connectivity index (χ0n) is 8.80. The van der Waals surface area contributed by atoms with E-state index in [0.29, 0.717) is 6.07 Å². The predicted molar refractivity (Wildman–Crippen MR) is 55.4 cm³/mol. The molecule has 0 spiro atoms. The SMILES string of the molecule is O=C(O)c1cnc(Oc2ccc(F)cc2F)cn1. The molecule has 1 heterocycles. The summed E-state index contributed by atoms with van der Waals surface area (Å²) in [6.07, 6.45) is 2.01. The molecule has 2 rings (SSSR count). The van der Waals surface area contributed by atoms with Gasteiger partial charge in [-0.15, -0.1) is 0 Å². The third kappa shape index (κ3) is 2.57. The van der Waals surface area contributed by atoms with Crippen LogP contribution in [0.1, 0.15) is 10.5 Å². The number of hydrogen-bond donors (Lipinski definition) is 1. The van der Waals surface area contributed by atoms with E-state index < -0.39 is 17.6 Å². The molecule has 0 atom stereocenters. The van der Waals surface area contributed by atoms with Crippen LogP contribution in [0.15, 0.2) is 30.6 Å². The third-order valence-corrected chi connectivity index (χ3v) is 1.96. The van der Waals surface area contributed by atoms with E-state index in [4.69, 9.17) is 9.84 Å². The molecule has 0 amide bonds. The molecule has 2 aromatic rings. The maximum Gasteiger partial charge on any atom is 0.356 e. The van der Waals surface area contributed by atoms with Gasteiger partial charge in [0.2, 0.25) is 5.88 Å². The first-order chi connectivity index (χ1) is 8.56. The van der Waals surface area contributed by atoms with Crippen molar-refractivity contribution in [1.29, 1.82) is 0 Å². The number of aromatic carboxylic acids is 1. The van der Waals surface area contributed by atoms with Crippen LogP contribution in [0.2, 0.25) is 0 Å². The zero-order valence-corrected chi connectivity index (χ0v) is 8.80. The number of halogens is 2. The second-order valence-corrected chi connectivity index (χ2v) is 3.22. The maximum atomic E-state index is 13.2. The summed E-state index contributed by atoms with van der Waals surface area (Å²) in [5.41, 5.74) is -0.262. The van der Waals surface area contributed by atoms with Crippen molar-refractivity contribution < 1.29 is 23.4 Å². The van der Waals surface area contributed by atoms with Crippen LogP contribution >= 0.6 is 0 Å². The highest BCUT2D eigenvalue weighted by atomic mass is 19.1. The predicted octanol–water partition coefficient (Wildman–Crippen LogP) is 2.25. The Morgan fingerprint density at radius 1 is 1.22 bits per heavy atom. The summed E-state index contributed by atoms with van der Waals surface area (Å²) in [6, 6.07) is 2.78. The van der Waals surface area contributed by atoms with Crippen molar-refractivity contribution in [3.63, 3.8) is 0 Å². The van der Waals surface area contributed by atoms with Crippen molar-refractivity contribution in [1.82, 2.24) is 9.97 Å². The molecule has 92 valence electrons. The number of rotatable bonds is 3. The number of aromatic nitrogens is 2. The highest BCUT2D eigenvalue weighted by Crippen LogP contribution is 2.22. The zero-order chi connectivity index (χ0) is 13.1. The van der Waals surface area contributed by atoms with Gasteiger partial charge in [0.1, 0.15) is 5.82 Å². The second kappa shape index (κ2) is 4.74. The Bertz CT molecular complexity index is 587. The van der Waals surface area contributed by atoms with Crippen LogP contribution in [0.3, 0.4) is 0 Å². The van der Waals surface area contributed by atoms with Gasteiger partial charge in [-0.3, -0.25) is 0 Å². The molecule has 0 saturated heterocycles. The Labute approximate surface area is 99.7 Å². The second-order valence-electron chi connectivity index (χ2n) is 3.22. The third-order valence-electron chi connectivity index (χ3n) is 1.96. The van der Waals surface area contributed by atoms with Crippen LogP contribution in [-0.2, 0) is 0 Å². The van der Waals surface area contributed by atoms with Gasteiger partial charge in [-0.25, -0.2) is 23.5 Å². The molecule has 0 saturated carbocycles. The number of hydrogen-bond acceptors (Lipinski definition) is 4. The summed E-state index contributed by atoms with van der Waals surface area (Å²) in [4.78, 5) is 17.7. The van der Waals surface area contributed by atoms with E-state index in [2.05, 4.69) is 9.97 Å². The fourth-order valence-corrected chi connectivity index (χ4v) is 1.15. The van der Waals surface area contributed by atoms with Crippen molar-refractivity contribution in [2.75, 3.05) is 0 Å². The molecule has 0 bridgehead atoms. The van der Waals surface area contributed by atoms with Gasteiger partial charge in [0.25, 0.3) is 0 Å². The molecule has 1 aromatic carbocycles. The molecule has 1 N–H and O–H groups in total. The Morgan fingerprint density at radius 2 is 2.00 bits per heavy atom. The van der Waals surface area contributed by atoms with E-state index in [-0.39, 0.29) is 17.3 Å². The van der Waals surface area contributed by atoms with Crippen molar-refractivity contribution >= 4 is 5.97 Å². The first kappa shape index (κ1) is 11.9. The molecular weight excluding hydrogens is 246 g/mol. The summed E-state index contributed by atoms with van der Waals surface area (Å²) in [7, 11) is 0. The van der Waals surface area contributed by atoms with Gasteiger partial charge in [-0.1, -0.05) is 0 Å². The summed E-state index contributed by atoms with van der Waals surface area (Å²) in [6.45, 7) is 0. The molecule has 5 nitrogen and oxygen atoms in total. The first-order valence-corrected chi connectivity index (χ1v) is 4.74. The van der Waals surface area contributed by atoms with E-state index in [1.807, 2.05) is 0 Å². The molecule has 1 aromatic heterocycles. The minimum atomic E-state index is -1.23. The minimum absolute atomic E-state index is 0.0921. The minimum Gasteiger partial charge on any atom is -0.476 e. The number of carboxylic acid groups (broad SMARTS) is 1. The topological polar surface area (TPSA) is 72.3 Å². The molecule has 0 aliphatic rings. The lowest BCUT2D eigenvalue weighted by molar-refractivity contribution is 0.0690. The molecule has 7 heteroatoms. The number of nitrogens with zero attached hydrogens (tertiary/aromatic N) is 2. The lowest BCUT2D eigenvalue weighted by Gasteiger charge is -2.05. The molecule has 0 radical (unpaired) electrons. The summed E-state index contributed by atoms with van der Waals surface area (Å²) in [5.74, 6) is -3.17. The Hall–Kier alpha value is -2.57. The van der Waals surface area contributed by atoms with Gasteiger partial charge >= 0.3 is 5.97 Å². The van der Waals surface area contributed by atoms with Crippen LogP contribution in [-0.4, -0.2) is 21.0 Å². The smallest absolute Gasteiger partial charge is 0.356 e. The Morgan fingerprint density at radius 3 is 2.56 bits per heavy atom. The normalized spacial score (nSPS) is 10.1. The largest absolute Gasteiger partial charge is 0.476 e. The number of carbonyl (C=O) groups is 1. The van der Waals surface area contributed by atoms with Gasteiger partial charge in [-0.2, -0.15) is 0 Å². The summed E-state index contributed by atoms with van der Waals surface area (Å²) in [5, 5.41) is 8.60. The summed E-state index contributed by atoms with van der Waals surface area (Å²) < 4.78 is 30.9. The molecule has 0 unspecified atom stereocenters. The van der Waals surface area contributed by atoms with Gasteiger partial charge < -0.3 is 9.84 Å². The van der Waals surface area contributed by atoms with Gasteiger partial charge in [0.15, 0.2) is 17.3 Å². The number of ether oxygens (including phenoxy) is 1. The monoisotopic (exact) mass is 252 g/mol. The van der Waals surface area contributed by atoms with Crippen molar-refractivity contribution in [3.8, 4) is 11.6 Å². The lowest BCUT2D eigenvalue weighted by atomic mass is 10.3. The van der Waals surface area contributed by atoms with E-state index in [1.54, 1.807) is 0 Å². The lowest BCUT2D eigenvalue weighted by Crippen LogP contribution is -2.01. The van der Waals surface area contributed by atoms with Crippen LogP contribution in [0, 0.1) is 11.6 Å². The van der Waals surface area contributed by atoms with Crippen LogP contribution in [0.4, 0.5) is 8.78 Å². The van der Waals surface area contributed by atoms with E-state index in [0.717, 1.165) is 24.5 Å². The molecule has 18 heavy (non-hydrogen) atoms. The number of benzene rings is 1. The fraction of sp³-hybridized carbons (Fsp3) is 0. The average Bonchev–Trinajstić information content (AvgIpc) is 2.33. The molecule has 0 aliphatic heterocycles. The van der Waals surface area contributed by atoms with Gasteiger partial charge in [0.05, 0.1) is 12.4 Å².